The topological polar surface area (TPSA) is 108 Å². The van der Waals surface area contributed by atoms with E-state index in [1.54, 1.807) is 13.8 Å². The molecule has 0 spiro atoms. The Morgan fingerprint density at radius 2 is 1.89 bits per heavy atom. The summed E-state index contributed by atoms with van der Waals surface area (Å²) in [5.41, 5.74) is -1.39. The van der Waals surface area contributed by atoms with Crippen LogP contribution >= 0.6 is 0 Å². The smallest absolute Gasteiger partial charge is 0.434 e. The maximum absolute atomic E-state index is 15.3. The van der Waals surface area contributed by atoms with Gasteiger partial charge in [-0.15, -0.1) is 0 Å². The summed E-state index contributed by atoms with van der Waals surface area (Å²) in [6, 6.07) is 3.76. The van der Waals surface area contributed by atoms with E-state index in [1.165, 1.54) is 25.4 Å². The maximum atomic E-state index is 15.3. The first-order valence-electron chi connectivity index (χ1n) is 13.3. The predicted molar refractivity (Wildman–Crippen MR) is 141 cm³/mol. The Hall–Kier alpha value is -4.76. The van der Waals surface area contributed by atoms with E-state index in [2.05, 4.69) is 29.7 Å². The monoisotopic (exact) mass is 619 g/mol. The predicted octanol–water partition coefficient (Wildman–Crippen LogP) is 6.36. The summed E-state index contributed by atoms with van der Waals surface area (Å²) in [5, 5.41) is 0. The van der Waals surface area contributed by atoms with Crippen LogP contribution in [0.25, 0.3) is 22.8 Å². The number of benzene rings is 1. The average Bonchev–Trinajstić information content (AvgIpc) is 3.71. The zero-order valence-electron chi connectivity index (χ0n) is 23.4. The third kappa shape index (κ3) is 5.39. The van der Waals surface area contributed by atoms with Crippen LogP contribution in [0, 0.1) is 5.82 Å². The van der Waals surface area contributed by atoms with Crippen molar-refractivity contribution < 1.29 is 40.6 Å². The number of hydrogen-bond acceptors (Lipinski definition) is 8. The number of aromatic nitrogens is 6. The van der Waals surface area contributed by atoms with Gasteiger partial charge in [0.2, 0.25) is 5.88 Å². The van der Waals surface area contributed by atoms with E-state index in [4.69, 9.17) is 4.74 Å². The molecule has 0 unspecified atom stereocenters. The third-order valence-corrected chi connectivity index (χ3v) is 7.25. The fourth-order valence-corrected chi connectivity index (χ4v) is 4.98. The van der Waals surface area contributed by atoms with Crippen molar-refractivity contribution >= 4 is 11.9 Å². The van der Waals surface area contributed by atoms with E-state index in [-0.39, 0.29) is 46.6 Å². The van der Waals surface area contributed by atoms with Crippen molar-refractivity contribution in [2.75, 3.05) is 4.90 Å². The van der Waals surface area contributed by atoms with Crippen molar-refractivity contribution in [3.8, 4) is 28.7 Å². The Morgan fingerprint density at radius 1 is 1.14 bits per heavy atom. The fraction of sp³-hybridized carbons (Fsp3) is 0.357. The van der Waals surface area contributed by atoms with Crippen molar-refractivity contribution in [2.24, 2.45) is 7.05 Å². The molecule has 0 bridgehead atoms. The largest absolute Gasteiger partial charge is 0.438 e. The maximum Gasteiger partial charge on any atom is 0.434 e. The van der Waals surface area contributed by atoms with Crippen LogP contribution in [-0.4, -0.2) is 42.2 Å². The number of carbonyl (C=O) groups is 1. The number of halogens is 6. The summed E-state index contributed by atoms with van der Waals surface area (Å²) in [6.45, 7) is -0.201. The van der Waals surface area contributed by atoms with Gasteiger partial charge >= 0.3 is 18.9 Å². The molecule has 0 N–H and O–H groups in total. The number of amides is 1. The molecule has 1 saturated carbocycles. The molecule has 44 heavy (non-hydrogen) atoms. The van der Waals surface area contributed by atoms with Gasteiger partial charge in [0.25, 0.3) is 0 Å². The molecule has 0 atom stereocenters. The van der Waals surface area contributed by atoms with Crippen LogP contribution in [0.2, 0.25) is 0 Å². The number of cyclic esters (lactones) is 1. The third-order valence-electron chi connectivity index (χ3n) is 7.25. The molecule has 1 amide bonds. The quantitative estimate of drug-likeness (QED) is 0.220. The molecule has 3 aromatic heterocycles. The number of carbonyl (C=O) groups excluding carboxylic acids is 1. The summed E-state index contributed by atoms with van der Waals surface area (Å²) in [7, 11) is 1.31. The van der Waals surface area contributed by atoms with Gasteiger partial charge in [0.15, 0.2) is 11.5 Å². The van der Waals surface area contributed by atoms with E-state index in [0.29, 0.717) is 11.3 Å². The first-order valence-corrected chi connectivity index (χ1v) is 13.3. The zero-order valence-corrected chi connectivity index (χ0v) is 23.4. The van der Waals surface area contributed by atoms with Crippen molar-refractivity contribution in [1.82, 2.24) is 29.5 Å². The minimum Gasteiger partial charge on any atom is -0.438 e. The van der Waals surface area contributed by atoms with E-state index in [9.17, 15) is 26.7 Å². The summed E-state index contributed by atoms with van der Waals surface area (Å²) in [6.07, 6.45) is -0.722. The molecule has 1 aliphatic heterocycles. The number of aryl methyl sites for hydroxylation is 1. The SMILES string of the molecule is Cn1cc(C(F)(F)F)nc1-c1ccc(CN2C(=O)OC(C)(C)c3cnc(-c4c(OC(F)F)ncnc4C4CC4)nc32)cc1F. The first kappa shape index (κ1) is 29.3. The van der Waals surface area contributed by atoms with Gasteiger partial charge < -0.3 is 14.0 Å². The van der Waals surface area contributed by atoms with E-state index >= 15 is 4.39 Å². The second-order valence-corrected chi connectivity index (χ2v) is 10.9. The number of ether oxygens (including phenoxy) is 2. The molecular weight excluding hydrogens is 596 g/mol. The molecule has 2 aliphatic rings. The molecule has 230 valence electrons. The summed E-state index contributed by atoms with van der Waals surface area (Å²) < 4.78 is 92.5. The zero-order chi connectivity index (χ0) is 31.6. The first-order chi connectivity index (χ1) is 20.7. The molecule has 0 saturated heterocycles. The second-order valence-electron chi connectivity index (χ2n) is 10.9. The number of nitrogens with zero attached hydrogens (tertiary/aromatic N) is 7. The number of hydrogen-bond donors (Lipinski definition) is 0. The lowest BCUT2D eigenvalue weighted by molar-refractivity contribution is -0.140. The van der Waals surface area contributed by atoms with Gasteiger partial charge in [0, 0.05) is 25.4 Å². The van der Waals surface area contributed by atoms with Crippen molar-refractivity contribution in [3.63, 3.8) is 0 Å². The van der Waals surface area contributed by atoms with Crippen LogP contribution < -0.4 is 9.64 Å². The lowest BCUT2D eigenvalue weighted by Gasteiger charge is -2.37. The van der Waals surface area contributed by atoms with Gasteiger partial charge in [-0.2, -0.15) is 22.0 Å². The molecule has 1 aromatic carbocycles. The van der Waals surface area contributed by atoms with Crippen LogP contribution in [0.3, 0.4) is 0 Å². The van der Waals surface area contributed by atoms with E-state index in [0.717, 1.165) is 40.9 Å². The van der Waals surface area contributed by atoms with Crippen molar-refractivity contribution in [2.45, 2.75) is 57.5 Å². The highest BCUT2D eigenvalue weighted by Gasteiger charge is 2.41. The molecule has 6 rings (SSSR count). The van der Waals surface area contributed by atoms with Gasteiger partial charge in [-0.1, -0.05) is 6.07 Å². The fourth-order valence-electron chi connectivity index (χ4n) is 4.98. The summed E-state index contributed by atoms with van der Waals surface area (Å²) >= 11 is 0. The van der Waals surface area contributed by atoms with Crippen LogP contribution in [-0.2, 0) is 30.1 Å². The Kier molecular flexibility index (Phi) is 6.96. The highest BCUT2D eigenvalue weighted by atomic mass is 19.4. The van der Waals surface area contributed by atoms with Crippen LogP contribution in [0.15, 0.2) is 36.9 Å². The minimum absolute atomic E-state index is 0.0300. The Balaban J connectivity index is 1.39. The van der Waals surface area contributed by atoms with Crippen LogP contribution in [0.1, 0.15) is 55.1 Å². The molecule has 1 aliphatic carbocycles. The number of anilines is 1. The Labute approximate surface area is 245 Å². The van der Waals surface area contributed by atoms with Gasteiger partial charge in [0.05, 0.1) is 23.4 Å². The van der Waals surface area contributed by atoms with E-state index in [1.807, 2.05) is 0 Å². The Morgan fingerprint density at radius 3 is 2.52 bits per heavy atom. The molecular formula is C28H23F6N7O3. The van der Waals surface area contributed by atoms with Crippen molar-refractivity contribution in [3.05, 3.63) is 65.3 Å². The van der Waals surface area contributed by atoms with Gasteiger partial charge in [-0.3, -0.25) is 4.90 Å². The second kappa shape index (κ2) is 10.4. The molecule has 1 fully saturated rings. The molecule has 4 aromatic rings. The lowest BCUT2D eigenvalue weighted by Crippen LogP contribution is -2.43. The molecule has 0 radical (unpaired) electrons. The normalized spacial score (nSPS) is 16.2. The summed E-state index contributed by atoms with van der Waals surface area (Å²) in [4.78, 5) is 34.9. The highest BCUT2D eigenvalue weighted by molar-refractivity contribution is 5.90. The standard InChI is InChI=1S/C28H23F6N7O3/c1-27(2)16-9-35-21(19-20(14-5-6-14)36-12-37-24(19)43-25(30)31)39-23(16)41(26(42)44-27)10-13-4-7-15(17(29)8-13)22-38-18(11-40(22)3)28(32,33)34/h4,7-9,11-12,14,25H,5-6,10H2,1-3H3. The van der Waals surface area contributed by atoms with Crippen LogP contribution in [0.5, 0.6) is 5.88 Å². The van der Waals surface area contributed by atoms with Gasteiger partial charge in [-0.25, -0.2) is 34.1 Å². The number of rotatable bonds is 7. The molecule has 16 heteroatoms. The van der Waals surface area contributed by atoms with E-state index < -0.39 is 41.9 Å². The lowest BCUT2D eigenvalue weighted by atomic mass is 9.97. The molecule has 4 heterocycles. The average molecular weight is 620 g/mol. The number of alkyl halides is 5. The van der Waals surface area contributed by atoms with Crippen molar-refractivity contribution in [1.29, 1.82) is 0 Å². The van der Waals surface area contributed by atoms with Crippen LogP contribution in [0.4, 0.5) is 37.0 Å². The molecule has 10 nitrogen and oxygen atoms in total. The van der Waals surface area contributed by atoms with Gasteiger partial charge in [-0.05, 0) is 44.4 Å². The minimum atomic E-state index is -4.71. The number of fused-ring (bicyclic) bond motifs is 1. The van der Waals surface area contributed by atoms with Gasteiger partial charge in [0.1, 0.15) is 35.0 Å². The number of imidazole rings is 1. The Bertz CT molecular complexity index is 1770. The summed E-state index contributed by atoms with van der Waals surface area (Å²) in [5.74, 6) is -1.54. The highest BCUT2D eigenvalue weighted by Crippen LogP contribution is 2.46.